The second kappa shape index (κ2) is 5.51. The number of nitrogens with two attached hydrogens (primary N) is 1. The Morgan fingerprint density at radius 2 is 2.20 bits per heavy atom. The zero-order valence-corrected chi connectivity index (χ0v) is 12.9. The summed E-state index contributed by atoms with van der Waals surface area (Å²) in [6, 6.07) is 2.12. The van der Waals surface area contributed by atoms with Crippen molar-refractivity contribution in [2.24, 2.45) is 0 Å². The van der Waals surface area contributed by atoms with E-state index in [0.29, 0.717) is 10.3 Å². The Balaban J connectivity index is 2.37. The third-order valence-electron chi connectivity index (χ3n) is 2.67. The van der Waals surface area contributed by atoms with Crippen molar-refractivity contribution >= 4 is 31.6 Å². The van der Waals surface area contributed by atoms with Crippen molar-refractivity contribution in [3.63, 3.8) is 0 Å². The number of nitrogens with one attached hydrogen (secondary N) is 1. The molecule has 0 fully saturated rings. The van der Waals surface area contributed by atoms with Gasteiger partial charge in [-0.1, -0.05) is 0 Å². The lowest BCUT2D eigenvalue weighted by Crippen LogP contribution is -2.28. The van der Waals surface area contributed by atoms with Crippen LogP contribution in [0.2, 0.25) is 0 Å². The van der Waals surface area contributed by atoms with Crippen LogP contribution in [0.4, 0.5) is 10.1 Å². The molecule has 2 rings (SSSR count). The highest BCUT2D eigenvalue weighted by Crippen LogP contribution is 2.27. The normalized spacial score (nSPS) is 12.0. The Bertz CT molecular complexity index is 718. The second-order valence-electron chi connectivity index (χ2n) is 4.10. The van der Waals surface area contributed by atoms with Crippen LogP contribution in [0, 0.1) is 5.82 Å². The van der Waals surface area contributed by atoms with E-state index in [4.69, 9.17) is 5.73 Å². The predicted molar refractivity (Wildman–Crippen MR) is 75.8 cm³/mol. The van der Waals surface area contributed by atoms with Gasteiger partial charge in [0.25, 0.3) is 0 Å². The topological polar surface area (TPSA) is 92.1 Å². The van der Waals surface area contributed by atoms with E-state index < -0.39 is 20.7 Å². The maximum Gasteiger partial charge on any atom is 0.246 e. The van der Waals surface area contributed by atoms with Crippen molar-refractivity contribution in [3.05, 3.63) is 40.6 Å². The van der Waals surface area contributed by atoms with Crippen molar-refractivity contribution < 1.29 is 12.8 Å². The van der Waals surface area contributed by atoms with E-state index >= 15 is 0 Å². The van der Waals surface area contributed by atoms with Crippen molar-refractivity contribution in [2.45, 2.75) is 11.4 Å². The number of nitrogens with zero attached hydrogens (tertiary/aromatic N) is 2. The lowest BCUT2D eigenvalue weighted by molar-refractivity contribution is 0.452. The summed E-state index contributed by atoms with van der Waals surface area (Å²) in [5.41, 5.74) is 5.76. The molecule has 0 unspecified atom stereocenters. The fourth-order valence-electron chi connectivity index (χ4n) is 1.59. The zero-order chi connectivity index (χ0) is 14.9. The average Bonchev–Trinajstić information content (AvgIpc) is 2.86. The summed E-state index contributed by atoms with van der Waals surface area (Å²) >= 11 is 3.04. The van der Waals surface area contributed by atoms with Crippen LogP contribution in [0.15, 0.2) is 33.9 Å². The first-order chi connectivity index (χ1) is 9.32. The molecule has 0 aliphatic rings. The summed E-state index contributed by atoms with van der Waals surface area (Å²) in [7, 11) is -2.64. The van der Waals surface area contributed by atoms with Gasteiger partial charge >= 0.3 is 0 Å². The molecule has 0 atom stereocenters. The maximum absolute atomic E-state index is 13.9. The standard InChI is InChI=1S/C11H12BrFN4O2S/c1-17(6-11-15-2-3-16-11)20(18,19)10-5-9(14)7(12)4-8(10)13/h2-5H,6,14H2,1H3,(H,15,16). The number of nitrogen functional groups attached to an aromatic ring is 1. The van der Waals surface area contributed by atoms with Crippen LogP contribution in [-0.2, 0) is 16.6 Å². The van der Waals surface area contributed by atoms with Crippen molar-refractivity contribution in [1.29, 1.82) is 0 Å². The van der Waals surface area contributed by atoms with Crippen LogP contribution < -0.4 is 5.73 Å². The highest BCUT2D eigenvalue weighted by molar-refractivity contribution is 9.10. The molecule has 1 aromatic heterocycles. The Hall–Kier alpha value is -1.45. The number of aromatic amines is 1. The minimum atomic E-state index is -3.99. The fraction of sp³-hybridized carbons (Fsp3) is 0.182. The lowest BCUT2D eigenvalue weighted by Gasteiger charge is -2.17. The largest absolute Gasteiger partial charge is 0.398 e. The van der Waals surface area contributed by atoms with E-state index in [1.807, 2.05) is 0 Å². The number of halogens is 2. The third-order valence-corrected chi connectivity index (χ3v) is 5.17. The van der Waals surface area contributed by atoms with Gasteiger partial charge in [-0.3, -0.25) is 0 Å². The molecule has 0 bridgehead atoms. The first-order valence-electron chi connectivity index (χ1n) is 5.51. The number of hydrogen-bond donors (Lipinski definition) is 2. The van der Waals surface area contributed by atoms with Crippen molar-refractivity contribution in [1.82, 2.24) is 14.3 Å². The number of anilines is 1. The van der Waals surface area contributed by atoms with Crippen molar-refractivity contribution in [3.8, 4) is 0 Å². The number of benzene rings is 1. The van der Waals surface area contributed by atoms with Gasteiger partial charge in [0, 0.05) is 29.6 Å². The van der Waals surface area contributed by atoms with E-state index in [9.17, 15) is 12.8 Å². The summed E-state index contributed by atoms with van der Waals surface area (Å²) in [5, 5.41) is 0. The van der Waals surface area contributed by atoms with Gasteiger partial charge in [0.2, 0.25) is 10.0 Å². The van der Waals surface area contributed by atoms with E-state index in [1.165, 1.54) is 13.2 Å². The Labute approximate surface area is 124 Å². The van der Waals surface area contributed by atoms with Crippen LogP contribution in [0.1, 0.15) is 5.82 Å². The van der Waals surface area contributed by atoms with E-state index in [0.717, 1.165) is 16.4 Å². The molecule has 9 heteroatoms. The molecule has 0 aliphatic heterocycles. The highest BCUT2D eigenvalue weighted by atomic mass is 79.9. The minimum Gasteiger partial charge on any atom is -0.398 e. The SMILES string of the molecule is CN(Cc1ncc[nH]1)S(=O)(=O)c1cc(N)c(Br)cc1F. The molecule has 0 spiro atoms. The molecular formula is C11H12BrFN4O2S. The van der Waals surface area contributed by atoms with Crippen LogP contribution in [0.3, 0.4) is 0 Å². The average molecular weight is 363 g/mol. The molecule has 0 saturated heterocycles. The van der Waals surface area contributed by atoms with E-state index in [1.54, 1.807) is 6.20 Å². The second-order valence-corrected chi connectivity index (χ2v) is 6.97. The van der Waals surface area contributed by atoms with Gasteiger partial charge < -0.3 is 10.7 Å². The summed E-state index contributed by atoms with van der Waals surface area (Å²) in [6.45, 7) is 0.00470. The van der Waals surface area contributed by atoms with Gasteiger partial charge in [-0.2, -0.15) is 4.31 Å². The van der Waals surface area contributed by atoms with Gasteiger partial charge in [-0.15, -0.1) is 0 Å². The Morgan fingerprint density at radius 1 is 1.50 bits per heavy atom. The maximum atomic E-state index is 13.9. The lowest BCUT2D eigenvalue weighted by atomic mass is 10.3. The van der Waals surface area contributed by atoms with Crippen molar-refractivity contribution in [2.75, 3.05) is 12.8 Å². The molecule has 3 N–H and O–H groups in total. The quantitative estimate of drug-likeness (QED) is 0.809. The Kier molecular flexibility index (Phi) is 4.11. The number of aromatic nitrogens is 2. The first kappa shape index (κ1) is 14.9. The molecule has 20 heavy (non-hydrogen) atoms. The Morgan fingerprint density at radius 3 is 2.80 bits per heavy atom. The summed E-state index contributed by atoms with van der Waals surface area (Å²) in [5.74, 6) is -0.404. The number of hydrogen-bond acceptors (Lipinski definition) is 4. The molecule has 0 saturated carbocycles. The zero-order valence-electron chi connectivity index (χ0n) is 10.5. The predicted octanol–water partition coefficient (Wildman–Crippen LogP) is 1.71. The van der Waals surface area contributed by atoms with E-state index in [2.05, 4.69) is 25.9 Å². The van der Waals surface area contributed by atoms with Crippen LogP contribution in [0.25, 0.3) is 0 Å². The summed E-state index contributed by atoms with van der Waals surface area (Å²) in [4.78, 5) is 6.25. The molecular weight excluding hydrogens is 351 g/mol. The van der Waals surface area contributed by atoms with Crippen LogP contribution >= 0.6 is 15.9 Å². The van der Waals surface area contributed by atoms with Gasteiger partial charge in [-0.05, 0) is 28.1 Å². The van der Waals surface area contributed by atoms with Gasteiger partial charge in [-0.25, -0.2) is 17.8 Å². The number of sulfonamides is 1. The molecule has 1 heterocycles. The van der Waals surface area contributed by atoms with Crippen LogP contribution in [-0.4, -0.2) is 29.7 Å². The summed E-state index contributed by atoms with van der Waals surface area (Å²) in [6.07, 6.45) is 3.09. The van der Waals surface area contributed by atoms with Crippen LogP contribution in [0.5, 0.6) is 0 Å². The van der Waals surface area contributed by atoms with Gasteiger partial charge in [0.05, 0.1) is 6.54 Å². The summed E-state index contributed by atoms with van der Waals surface area (Å²) < 4.78 is 39.8. The number of imidazole rings is 1. The fourth-order valence-corrected chi connectivity index (χ4v) is 3.12. The molecule has 0 radical (unpaired) electrons. The van der Waals surface area contributed by atoms with Gasteiger partial charge in [0.1, 0.15) is 16.5 Å². The molecule has 0 aliphatic carbocycles. The molecule has 0 amide bonds. The smallest absolute Gasteiger partial charge is 0.246 e. The van der Waals surface area contributed by atoms with E-state index in [-0.39, 0.29) is 12.2 Å². The minimum absolute atomic E-state index is 0.00470. The molecule has 1 aromatic carbocycles. The number of H-pyrrole nitrogens is 1. The first-order valence-corrected chi connectivity index (χ1v) is 7.75. The van der Waals surface area contributed by atoms with Gasteiger partial charge in [0.15, 0.2) is 0 Å². The molecule has 2 aromatic rings. The molecule has 108 valence electrons. The highest BCUT2D eigenvalue weighted by Gasteiger charge is 2.26. The third kappa shape index (κ3) is 2.84. The monoisotopic (exact) mass is 362 g/mol. The molecule has 6 nitrogen and oxygen atoms in total. The number of rotatable bonds is 4.